The third-order valence-corrected chi connectivity index (χ3v) is 5.58. The minimum absolute atomic E-state index is 0.103. The molecule has 3 rings (SSSR count). The number of carbonyl (C=O) groups is 1. The Morgan fingerprint density at radius 3 is 2.46 bits per heavy atom. The molecule has 1 spiro atoms. The standard InChI is InChI=1S/C21H25F3O4/c1-4-14-10-12(2)9-13(3)16(14)17-18(25)20(28-19(17)26)7-5-15(6-8-20)27-11-21(22,23)24/h9-10,15,25H,4-8,11H2,1-3H3. The molecule has 1 saturated carbocycles. The van der Waals surface area contributed by atoms with E-state index in [9.17, 15) is 23.1 Å². The fourth-order valence-electron chi connectivity index (χ4n) is 4.29. The molecule has 0 saturated heterocycles. The van der Waals surface area contributed by atoms with Crippen LogP contribution in [-0.4, -0.2) is 35.6 Å². The first-order valence-corrected chi connectivity index (χ1v) is 9.52. The van der Waals surface area contributed by atoms with Crippen molar-refractivity contribution < 1.29 is 32.5 Å². The summed E-state index contributed by atoms with van der Waals surface area (Å²) in [6.45, 7) is 4.55. The Kier molecular flexibility index (Phi) is 5.49. The van der Waals surface area contributed by atoms with E-state index in [1.807, 2.05) is 32.9 Å². The number of rotatable bonds is 4. The number of halogens is 3. The van der Waals surface area contributed by atoms with Crippen molar-refractivity contribution in [3.05, 3.63) is 40.1 Å². The van der Waals surface area contributed by atoms with Crippen molar-refractivity contribution in [2.24, 2.45) is 0 Å². The SMILES string of the molecule is CCc1cc(C)cc(C)c1C1=C(O)C2(CCC(OCC(F)(F)F)CC2)OC1=O. The lowest BCUT2D eigenvalue weighted by atomic mass is 9.80. The number of hydrogen-bond donors (Lipinski definition) is 1. The van der Waals surface area contributed by atoms with Crippen LogP contribution in [0.2, 0.25) is 0 Å². The van der Waals surface area contributed by atoms with Gasteiger partial charge in [0.05, 0.1) is 6.10 Å². The number of aliphatic hydroxyl groups is 1. The van der Waals surface area contributed by atoms with E-state index in [2.05, 4.69) is 0 Å². The number of aryl methyl sites for hydroxylation is 3. The summed E-state index contributed by atoms with van der Waals surface area (Å²) in [7, 11) is 0. The van der Waals surface area contributed by atoms with Gasteiger partial charge in [0.15, 0.2) is 11.4 Å². The van der Waals surface area contributed by atoms with E-state index in [4.69, 9.17) is 9.47 Å². The van der Waals surface area contributed by atoms with Crippen molar-refractivity contribution in [2.75, 3.05) is 6.61 Å². The van der Waals surface area contributed by atoms with Gasteiger partial charge < -0.3 is 14.6 Å². The first-order valence-electron chi connectivity index (χ1n) is 9.52. The Hall–Kier alpha value is -2.02. The van der Waals surface area contributed by atoms with E-state index in [0.29, 0.717) is 12.0 Å². The maximum Gasteiger partial charge on any atom is 0.411 e. The molecule has 1 fully saturated rings. The number of esters is 1. The summed E-state index contributed by atoms with van der Waals surface area (Å²) in [6.07, 6.45) is -3.18. The lowest BCUT2D eigenvalue weighted by molar-refractivity contribution is -0.192. The monoisotopic (exact) mass is 398 g/mol. The molecule has 7 heteroatoms. The van der Waals surface area contributed by atoms with Gasteiger partial charge in [-0.3, -0.25) is 0 Å². The molecule has 1 aromatic carbocycles. The van der Waals surface area contributed by atoms with Crippen LogP contribution < -0.4 is 0 Å². The van der Waals surface area contributed by atoms with Crippen molar-refractivity contribution in [2.45, 2.75) is 70.8 Å². The molecule has 1 aliphatic heterocycles. The second-order valence-electron chi connectivity index (χ2n) is 7.70. The van der Waals surface area contributed by atoms with Crippen molar-refractivity contribution in [3.8, 4) is 0 Å². The molecule has 1 N–H and O–H groups in total. The smallest absolute Gasteiger partial charge is 0.411 e. The molecule has 1 aliphatic carbocycles. The lowest BCUT2D eigenvalue weighted by Gasteiger charge is -2.35. The molecule has 28 heavy (non-hydrogen) atoms. The molecule has 1 aromatic rings. The Morgan fingerprint density at radius 1 is 1.25 bits per heavy atom. The largest absolute Gasteiger partial charge is 0.507 e. The van der Waals surface area contributed by atoms with Gasteiger partial charge in [-0.05, 0) is 62.6 Å². The molecule has 0 bridgehead atoms. The average Bonchev–Trinajstić information content (AvgIpc) is 2.84. The molecule has 0 atom stereocenters. The topological polar surface area (TPSA) is 55.8 Å². The quantitative estimate of drug-likeness (QED) is 0.729. The zero-order valence-corrected chi connectivity index (χ0v) is 16.3. The van der Waals surface area contributed by atoms with E-state index in [1.165, 1.54) is 0 Å². The van der Waals surface area contributed by atoms with Crippen LogP contribution in [0, 0.1) is 13.8 Å². The maximum absolute atomic E-state index is 12.7. The minimum atomic E-state index is -4.37. The predicted octanol–water partition coefficient (Wildman–Crippen LogP) is 4.95. The van der Waals surface area contributed by atoms with Crippen LogP contribution in [0.1, 0.15) is 54.9 Å². The van der Waals surface area contributed by atoms with Crippen LogP contribution in [0.15, 0.2) is 17.9 Å². The van der Waals surface area contributed by atoms with Gasteiger partial charge in [0.25, 0.3) is 0 Å². The van der Waals surface area contributed by atoms with Crippen molar-refractivity contribution in [1.82, 2.24) is 0 Å². The molecule has 1 heterocycles. The second-order valence-corrected chi connectivity index (χ2v) is 7.70. The number of alkyl halides is 3. The molecular formula is C21H25F3O4. The van der Waals surface area contributed by atoms with E-state index in [-0.39, 0.29) is 37.0 Å². The number of aliphatic hydroxyl groups excluding tert-OH is 1. The summed E-state index contributed by atoms with van der Waals surface area (Å²) in [5.74, 6) is -0.678. The number of carbonyl (C=O) groups excluding carboxylic acids is 1. The summed E-state index contributed by atoms with van der Waals surface area (Å²) in [5.41, 5.74) is 2.63. The Morgan fingerprint density at radius 2 is 1.89 bits per heavy atom. The van der Waals surface area contributed by atoms with E-state index < -0.39 is 30.5 Å². The number of hydrogen-bond acceptors (Lipinski definition) is 4. The van der Waals surface area contributed by atoms with Gasteiger partial charge in [-0.2, -0.15) is 13.2 Å². The Labute approximate surface area is 162 Å². The molecule has 0 radical (unpaired) electrons. The van der Waals surface area contributed by atoms with Crippen LogP contribution in [0.3, 0.4) is 0 Å². The van der Waals surface area contributed by atoms with Crippen LogP contribution in [0.5, 0.6) is 0 Å². The normalized spacial score (nSPS) is 25.5. The van der Waals surface area contributed by atoms with Crippen LogP contribution in [-0.2, 0) is 20.7 Å². The van der Waals surface area contributed by atoms with E-state index in [0.717, 1.165) is 16.7 Å². The highest BCUT2D eigenvalue weighted by Gasteiger charge is 2.51. The molecule has 0 unspecified atom stereocenters. The second kappa shape index (κ2) is 7.43. The highest BCUT2D eigenvalue weighted by molar-refractivity contribution is 6.20. The molecule has 0 aromatic heterocycles. The summed E-state index contributed by atoms with van der Waals surface area (Å²) in [4.78, 5) is 12.7. The van der Waals surface area contributed by atoms with Crippen LogP contribution in [0.25, 0.3) is 5.57 Å². The molecule has 2 aliphatic rings. The fourth-order valence-corrected chi connectivity index (χ4v) is 4.29. The van der Waals surface area contributed by atoms with Crippen molar-refractivity contribution in [1.29, 1.82) is 0 Å². The van der Waals surface area contributed by atoms with Gasteiger partial charge >= 0.3 is 12.1 Å². The summed E-state index contributed by atoms with van der Waals surface area (Å²) in [5, 5.41) is 11.0. The van der Waals surface area contributed by atoms with Gasteiger partial charge in [0, 0.05) is 0 Å². The zero-order valence-electron chi connectivity index (χ0n) is 16.3. The van der Waals surface area contributed by atoms with Gasteiger partial charge in [-0.25, -0.2) is 4.79 Å². The van der Waals surface area contributed by atoms with E-state index in [1.54, 1.807) is 0 Å². The van der Waals surface area contributed by atoms with Gasteiger partial charge in [0.2, 0.25) is 0 Å². The number of ether oxygens (including phenoxy) is 2. The van der Waals surface area contributed by atoms with Gasteiger partial charge in [-0.1, -0.05) is 24.6 Å². The lowest BCUT2D eigenvalue weighted by Crippen LogP contribution is -2.39. The van der Waals surface area contributed by atoms with Crippen LogP contribution in [0.4, 0.5) is 13.2 Å². The molecule has 154 valence electrons. The third-order valence-electron chi connectivity index (χ3n) is 5.58. The average molecular weight is 398 g/mol. The first-order chi connectivity index (χ1) is 13.1. The third kappa shape index (κ3) is 3.90. The fraction of sp³-hybridized carbons (Fsp3) is 0.571. The van der Waals surface area contributed by atoms with Crippen molar-refractivity contribution >= 4 is 11.5 Å². The molecule has 0 amide bonds. The first kappa shape index (κ1) is 20.7. The maximum atomic E-state index is 12.7. The highest BCUT2D eigenvalue weighted by Crippen LogP contribution is 2.47. The van der Waals surface area contributed by atoms with Gasteiger partial charge in [0.1, 0.15) is 12.2 Å². The van der Waals surface area contributed by atoms with Crippen molar-refractivity contribution in [3.63, 3.8) is 0 Å². The molecular weight excluding hydrogens is 373 g/mol. The Balaban J connectivity index is 1.86. The minimum Gasteiger partial charge on any atom is -0.507 e. The van der Waals surface area contributed by atoms with E-state index >= 15 is 0 Å². The van der Waals surface area contributed by atoms with Gasteiger partial charge in [-0.15, -0.1) is 0 Å². The summed E-state index contributed by atoms with van der Waals surface area (Å²) in [6, 6.07) is 3.94. The highest BCUT2D eigenvalue weighted by atomic mass is 19.4. The Bertz CT molecular complexity index is 803. The number of benzene rings is 1. The molecule has 4 nitrogen and oxygen atoms in total. The summed E-state index contributed by atoms with van der Waals surface area (Å²) >= 11 is 0. The predicted molar refractivity (Wildman–Crippen MR) is 97.9 cm³/mol. The summed E-state index contributed by atoms with van der Waals surface area (Å²) < 4.78 is 47.6. The van der Waals surface area contributed by atoms with Crippen LogP contribution >= 0.6 is 0 Å². The zero-order chi connectivity index (χ0) is 20.7.